The van der Waals surface area contributed by atoms with Crippen LogP contribution in [0.25, 0.3) is 0 Å². The van der Waals surface area contributed by atoms with Gasteiger partial charge in [0.1, 0.15) is 11.7 Å². The zero-order valence-corrected chi connectivity index (χ0v) is 16.7. The average molecular weight is 425 g/mol. The molecule has 2 heterocycles. The van der Waals surface area contributed by atoms with E-state index in [1.165, 1.54) is 11.3 Å². The highest BCUT2D eigenvalue weighted by atomic mass is 35.5. The molecule has 6 nitrogen and oxygen atoms in total. The average Bonchev–Trinajstić information content (AvgIpc) is 3.32. The number of hydrogen-bond donors (Lipinski definition) is 2. The fourth-order valence-corrected chi connectivity index (χ4v) is 4.31. The molecule has 0 bridgehead atoms. The lowest BCUT2D eigenvalue weighted by Gasteiger charge is -2.33. The molecule has 1 aliphatic carbocycles. The second-order valence-electron chi connectivity index (χ2n) is 6.71. The standard InChI is InChI=1S/C18H18Cl2N4O2S/c19-10-3-6-15(12(20)8-10)24-7-1-2-13(17(24)26)22-16(25)14-9-27-18(23-14)21-11-4-5-11/h3,6,8-9,11,13H,1-2,4-5,7H2,(H,21,23)(H,22,25). The molecule has 1 aromatic heterocycles. The minimum Gasteiger partial charge on any atom is -0.359 e. The first-order valence-electron chi connectivity index (χ1n) is 8.80. The minimum atomic E-state index is -0.598. The quantitative estimate of drug-likeness (QED) is 0.761. The van der Waals surface area contributed by atoms with Crippen LogP contribution in [0.1, 0.15) is 36.2 Å². The molecular weight excluding hydrogens is 407 g/mol. The molecule has 2 aliphatic rings. The van der Waals surface area contributed by atoms with Crippen molar-refractivity contribution in [2.24, 2.45) is 0 Å². The van der Waals surface area contributed by atoms with E-state index in [0.717, 1.165) is 24.4 Å². The highest BCUT2D eigenvalue weighted by Gasteiger charge is 2.32. The van der Waals surface area contributed by atoms with Crippen molar-refractivity contribution in [3.63, 3.8) is 0 Å². The molecule has 9 heteroatoms. The van der Waals surface area contributed by atoms with Gasteiger partial charge in [0.05, 0.1) is 10.7 Å². The second-order valence-corrected chi connectivity index (χ2v) is 8.41. The minimum absolute atomic E-state index is 0.176. The van der Waals surface area contributed by atoms with Gasteiger partial charge in [-0.25, -0.2) is 4.98 Å². The molecule has 2 fully saturated rings. The van der Waals surface area contributed by atoms with Crippen molar-refractivity contribution in [3.05, 3.63) is 39.3 Å². The number of carbonyl (C=O) groups excluding carboxylic acids is 2. The number of halogens is 2. The molecule has 4 rings (SSSR count). The van der Waals surface area contributed by atoms with E-state index in [0.29, 0.717) is 40.4 Å². The van der Waals surface area contributed by atoms with Crippen molar-refractivity contribution >= 4 is 57.2 Å². The number of thiazole rings is 1. The van der Waals surface area contributed by atoms with Gasteiger partial charge in [0, 0.05) is 23.0 Å². The van der Waals surface area contributed by atoms with E-state index in [2.05, 4.69) is 15.6 Å². The van der Waals surface area contributed by atoms with Crippen molar-refractivity contribution in [3.8, 4) is 0 Å². The summed E-state index contributed by atoms with van der Waals surface area (Å²) < 4.78 is 0. The Morgan fingerprint density at radius 2 is 2.07 bits per heavy atom. The van der Waals surface area contributed by atoms with Crippen molar-refractivity contribution in [1.29, 1.82) is 0 Å². The van der Waals surface area contributed by atoms with Gasteiger partial charge in [0.25, 0.3) is 5.91 Å². The Morgan fingerprint density at radius 1 is 1.26 bits per heavy atom. The van der Waals surface area contributed by atoms with Gasteiger partial charge in [-0.15, -0.1) is 11.3 Å². The number of piperidine rings is 1. The predicted octanol–water partition coefficient (Wildman–Crippen LogP) is 3.95. The summed E-state index contributed by atoms with van der Waals surface area (Å²) in [6.07, 6.45) is 3.63. The number of rotatable bonds is 5. The van der Waals surface area contributed by atoms with Crippen molar-refractivity contribution in [2.75, 3.05) is 16.8 Å². The Kier molecular flexibility index (Phi) is 5.25. The molecule has 1 atom stereocenters. The molecular formula is C18H18Cl2N4O2S. The molecule has 2 amide bonds. The Bertz CT molecular complexity index is 884. The van der Waals surface area contributed by atoms with E-state index in [-0.39, 0.29) is 11.8 Å². The monoisotopic (exact) mass is 424 g/mol. The largest absolute Gasteiger partial charge is 0.359 e. The molecule has 142 valence electrons. The van der Waals surface area contributed by atoms with Crippen LogP contribution in [0.3, 0.4) is 0 Å². The maximum absolute atomic E-state index is 12.9. The van der Waals surface area contributed by atoms with Crippen LogP contribution in [-0.4, -0.2) is 35.4 Å². The van der Waals surface area contributed by atoms with Crippen LogP contribution in [0.5, 0.6) is 0 Å². The summed E-state index contributed by atoms with van der Waals surface area (Å²) >= 11 is 13.6. The molecule has 2 N–H and O–H groups in total. The van der Waals surface area contributed by atoms with Gasteiger partial charge in [0.2, 0.25) is 5.91 Å². The van der Waals surface area contributed by atoms with Crippen LogP contribution in [0.4, 0.5) is 10.8 Å². The molecule has 27 heavy (non-hydrogen) atoms. The van der Waals surface area contributed by atoms with Gasteiger partial charge >= 0.3 is 0 Å². The van der Waals surface area contributed by atoms with Crippen LogP contribution in [-0.2, 0) is 4.79 Å². The zero-order valence-electron chi connectivity index (χ0n) is 14.4. The third kappa shape index (κ3) is 4.20. The van der Waals surface area contributed by atoms with Gasteiger partial charge in [-0.1, -0.05) is 23.2 Å². The Labute approximate surface area is 170 Å². The first-order chi connectivity index (χ1) is 13.0. The van der Waals surface area contributed by atoms with E-state index in [4.69, 9.17) is 23.2 Å². The topological polar surface area (TPSA) is 74.3 Å². The van der Waals surface area contributed by atoms with Crippen LogP contribution in [0.15, 0.2) is 23.6 Å². The Morgan fingerprint density at radius 3 is 2.81 bits per heavy atom. The molecule has 0 radical (unpaired) electrons. The Hall–Kier alpha value is -1.83. The van der Waals surface area contributed by atoms with Gasteiger partial charge < -0.3 is 15.5 Å². The highest BCUT2D eigenvalue weighted by Crippen LogP contribution is 2.31. The normalized spacial score (nSPS) is 19.9. The lowest BCUT2D eigenvalue weighted by molar-refractivity contribution is -0.121. The smallest absolute Gasteiger partial charge is 0.271 e. The van der Waals surface area contributed by atoms with E-state index < -0.39 is 6.04 Å². The number of aromatic nitrogens is 1. The first-order valence-corrected chi connectivity index (χ1v) is 10.4. The lowest BCUT2D eigenvalue weighted by atomic mass is 10.0. The fourth-order valence-electron chi connectivity index (χ4n) is 3.03. The number of amides is 2. The number of anilines is 2. The third-order valence-corrected chi connectivity index (χ3v) is 5.90. The van der Waals surface area contributed by atoms with Gasteiger partial charge in [-0.05, 0) is 43.9 Å². The summed E-state index contributed by atoms with van der Waals surface area (Å²) in [5.74, 6) is -0.511. The summed E-state index contributed by atoms with van der Waals surface area (Å²) in [4.78, 5) is 31.3. The summed E-state index contributed by atoms with van der Waals surface area (Å²) in [7, 11) is 0. The molecule has 1 aromatic carbocycles. The first kappa shape index (κ1) is 18.5. The lowest BCUT2D eigenvalue weighted by Crippen LogP contribution is -2.52. The summed E-state index contributed by atoms with van der Waals surface area (Å²) in [6, 6.07) is 4.91. The van der Waals surface area contributed by atoms with Gasteiger partial charge in [-0.2, -0.15) is 0 Å². The molecule has 1 saturated heterocycles. The summed E-state index contributed by atoms with van der Waals surface area (Å²) in [5.41, 5.74) is 0.937. The molecule has 2 aromatic rings. The van der Waals surface area contributed by atoms with Crippen LogP contribution in [0, 0.1) is 0 Å². The maximum atomic E-state index is 12.9. The van der Waals surface area contributed by atoms with E-state index >= 15 is 0 Å². The summed E-state index contributed by atoms with van der Waals surface area (Å²) in [6.45, 7) is 0.554. The number of carbonyl (C=O) groups is 2. The Balaban J connectivity index is 1.44. The second kappa shape index (κ2) is 7.66. The van der Waals surface area contributed by atoms with Gasteiger partial charge in [-0.3, -0.25) is 9.59 Å². The van der Waals surface area contributed by atoms with E-state index in [1.54, 1.807) is 28.5 Å². The maximum Gasteiger partial charge on any atom is 0.271 e. The number of nitrogens with zero attached hydrogens (tertiary/aromatic N) is 2. The van der Waals surface area contributed by atoms with Gasteiger partial charge in [0.15, 0.2) is 5.13 Å². The number of nitrogens with one attached hydrogen (secondary N) is 2. The third-order valence-electron chi connectivity index (χ3n) is 4.59. The zero-order chi connectivity index (χ0) is 19.0. The molecule has 1 aliphatic heterocycles. The SMILES string of the molecule is O=C(NC1CCCN(c2ccc(Cl)cc2Cl)C1=O)c1csc(NC2CC2)n1. The van der Waals surface area contributed by atoms with Crippen molar-refractivity contribution in [2.45, 2.75) is 37.8 Å². The number of benzene rings is 1. The van der Waals surface area contributed by atoms with Crippen LogP contribution < -0.4 is 15.5 Å². The highest BCUT2D eigenvalue weighted by molar-refractivity contribution is 7.13. The summed E-state index contributed by atoms with van der Waals surface area (Å²) in [5, 5.41) is 9.46. The molecule has 0 spiro atoms. The van der Waals surface area contributed by atoms with Crippen LogP contribution >= 0.6 is 34.5 Å². The predicted molar refractivity (Wildman–Crippen MR) is 108 cm³/mol. The van der Waals surface area contributed by atoms with Crippen LogP contribution in [0.2, 0.25) is 10.0 Å². The van der Waals surface area contributed by atoms with Crippen molar-refractivity contribution < 1.29 is 9.59 Å². The van der Waals surface area contributed by atoms with Crippen molar-refractivity contribution in [1.82, 2.24) is 10.3 Å². The molecule has 1 saturated carbocycles. The fraction of sp³-hybridized carbons (Fsp3) is 0.389. The number of hydrogen-bond acceptors (Lipinski definition) is 5. The van der Waals surface area contributed by atoms with E-state index in [9.17, 15) is 9.59 Å². The molecule has 1 unspecified atom stereocenters. The van der Waals surface area contributed by atoms with E-state index in [1.807, 2.05) is 0 Å².